The second-order valence-electron chi connectivity index (χ2n) is 4.11. The normalized spacial score (nSPS) is 13.2. The van der Waals surface area contributed by atoms with E-state index in [1.807, 2.05) is 20.0 Å². The van der Waals surface area contributed by atoms with E-state index in [0.29, 0.717) is 13.2 Å². The van der Waals surface area contributed by atoms with E-state index in [-0.39, 0.29) is 12.3 Å². The Kier molecular flexibility index (Phi) is 7.42. The van der Waals surface area contributed by atoms with Gasteiger partial charge >= 0.3 is 0 Å². The van der Waals surface area contributed by atoms with E-state index in [0.717, 1.165) is 18.0 Å². The van der Waals surface area contributed by atoms with Gasteiger partial charge in [-0.05, 0) is 27.7 Å². The van der Waals surface area contributed by atoms with Crippen LogP contribution in [0.5, 0.6) is 0 Å². The van der Waals surface area contributed by atoms with Gasteiger partial charge in [-0.2, -0.15) is 0 Å². The van der Waals surface area contributed by atoms with Crippen LogP contribution in [0.15, 0.2) is 6.20 Å². The van der Waals surface area contributed by atoms with Crippen molar-refractivity contribution in [3.05, 3.63) is 16.1 Å². The molecule has 0 saturated carbocycles. The van der Waals surface area contributed by atoms with Gasteiger partial charge in [-0.3, -0.25) is 0 Å². The second kappa shape index (κ2) is 8.58. The Morgan fingerprint density at radius 3 is 2.50 bits per heavy atom. The first-order valence-electron chi connectivity index (χ1n) is 6.56. The molecule has 1 aromatic heterocycles. The van der Waals surface area contributed by atoms with Crippen LogP contribution in [0.3, 0.4) is 0 Å². The van der Waals surface area contributed by atoms with Crippen molar-refractivity contribution < 1.29 is 9.47 Å². The highest BCUT2D eigenvalue weighted by atomic mass is 32.1. The number of aryl methyl sites for hydroxylation is 1. The fourth-order valence-corrected chi connectivity index (χ4v) is 2.46. The van der Waals surface area contributed by atoms with Gasteiger partial charge < -0.3 is 14.8 Å². The Balaban J connectivity index is 2.27. The second-order valence-corrected chi connectivity index (χ2v) is 5.38. The molecule has 0 radical (unpaired) electrons. The van der Waals surface area contributed by atoms with E-state index in [2.05, 4.69) is 24.1 Å². The average Bonchev–Trinajstić information content (AvgIpc) is 2.76. The molecule has 4 nitrogen and oxygen atoms in total. The van der Waals surface area contributed by atoms with Crippen molar-refractivity contribution in [3.8, 4) is 0 Å². The molecule has 1 heterocycles. The first-order valence-corrected chi connectivity index (χ1v) is 7.37. The molecule has 1 atom stereocenters. The lowest BCUT2D eigenvalue weighted by atomic mass is 10.3. The van der Waals surface area contributed by atoms with E-state index >= 15 is 0 Å². The number of rotatable bonds is 9. The molecule has 1 rings (SSSR count). The maximum Gasteiger partial charge on any atom is 0.158 e. The smallest absolute Gasteiger partial charge is 0.158 e. The van der Waals surface area contributed by atoms with Crippen LogP contribution >= 0.6 is 11.3 Å². The van der Waals surface area contributed by atoms with Crippen LogP contribution in [0, 0.1) is 6.92 Å². The van der Waals surface area contributed by atoms with E-state index in [1.165, 1.54) is 4.88 Å². The number of nitrogens with one attached hydrogen (secondary N) is 1. The standard InChI is InChI=1S/C13H24N2O2S/c1-5-16-12(17-6-2)7-8-14-11(4)13-15-9-10(3)18-13/h9,11-12,14H,5-8H2,1-4H3. The van der Waals surface area contributed by atoms with Crippen LogP contribution in [0.25, 0.3) is 0 Å². The minimum atomic E-state index is -0.0993. The zero-order valence-electron chi connectivity index (χ0n) is 11.7. The molecule has 5 heteroatoms. The summed E-state index contributed by atoms with van der Waals surface area (Å²) in [5.74, 6) is 0. The van der Waals surface area contributed by atoms with Gasteiger partial charge in [0.2, 0.25) is 0 Å². The number of nitrogens with zero attached hydrogens (tertiary/aromatic N) is 1. The first-order chi connectivity index (χ1) is 8.67. The third-order valence-electron chi connectivity index (χ3n) is 2.55. The van der Waals surface area contributed by atoms with Crippen LogP contribution in [0.4, 0.5) is 0 Å². The minimum absolute atomic E-state index is 0.0993. The average molecular weight is 272 g/mol. The minimum Gasteiger partial charge on any atom is -0.353 e. The molecule has 0 aliphatic heterocycles. The van der Waals surface area contributed by atoms with Crippen molar-refractivity contribution >= 4 is 11.3 Å². The Morgan fingerprint density at radius 1 is 1.33 bits per heavy atom. The largest absolute Gasteiger partial charge is 0.353 e. The highest BCUT2D eigenvalue weighted by Crippen LogP contribution is 2.18. The molecular formula is C13H24N2O2S. The number of aromatic nitrogens is 1. The number of hydrogen-bond acceptors (Lipinski definition) is 5. The van der Waals surface area contributed by atoms with Gasteiger partial charge in [0.1, 0.15) is 5.01 Å². The molecule has 0 saturated heterocycles. The Morgan fingerprint density at radius 2 is 2.00 bits per heavy atom. The molecule has 1 unspecified atom stereocenters. The highest BCUT2D eigenvalue weighted by molar-refractivity contribution is 7.11. The molecule has 1 N–H and O–H groups in total. The molecule has 0 aromatic carbocycles. The lowest BCUT2D eigenvalue weighted by Gasteiger charge is -2.18. The Hall–Kier alpha value is -0.490. The summed E-state index contributed by atoms with van der Waals surface area (Å²) in [4.78, 5) is 5.63. The van der Waals surface area contributed by atoms with Crippen LogP contribution in [-0.4, -0.2) is 31.0 Å². The van der Waals surface area contributed by atoms with Gasteiger partial charge in [-0.1, -0.05) is 0 Å². The SMILES string of the molecule is CCOC(CCNC(C)c1ncc(C)s1)OCC. The fourth-order valence-electron chi connectivity index (χ4n) is 1.66. The summed E-state index contributed by atoms with van der Waals surface area (Å²) in [6, 6.07) is 0.285. The Bertz CT molecular complexity index is 325. The van der Waals surface area contributed by atoms with Crippen molar-refractivity contribution in [1.82, 2.24) is 10.3 Å². The third kappa shape index (κ3) is 5.44. The Labute approximate surface area is 114 Å². The third-order valence-corrected chi connectivity index (χ3v) is 3.64. The van der Waals surface area contributed by atoms with Crippen LogP contribution < -0.4 is 5.32 Å². The van der Waals surface area contributed by atoms with E-state index in [4.69, 9.17) is 9.47 Å². The van der Waals surface area contributed by atoms with E-state index < -0.39 is 0 Å². The predicted octanol–water partition coefficient (Wildman–Crippen LogP) is 2.89. The molecule has 0 fully saturated rings. The fraction of sp³-hybridized carbons (Fsp3) is 0.769. The van der Waals surface area contributed by atoms with E-state index in [1.54, 1.807) is 11.3 Å². The maximum absolute atomic E-state index is 5.50. The molecular weight excluding hydrogens is 248 g/mol. The highest BCUT2D eigenvalue weighted by Gasteiger charge is 2.11. The zero-order chi connectivity index (χ0) is 13.4. The first kappa shape index (κ1) is 15.6. The van der Waals surface area contributed by atoms with Crippen molar-refractivity contribution in [2.75, 3.05) is 19.8 Å². The van der Waals surface area contributed by atoms with Crippen molar-refractivity contribution in [2.24, 2.45) is 0 Å². The quantitative estimate of drug-likeness (QED) is 0.702. The van der Waals surface area contributed by atoms with Crippen LogP contribution in [-0.2, 0) is 9.47 Å². The van der Waals surface area contributed by atoms with E-state index in [9.17, 15) is 0 Å². The lowest BCUT2D eigenvalue weighted by molar-refractivity contribution is -0.138. The monoisotopic (exact) mass is 272 g/mol. The number of ether oxygens (including phenoxy) is 2. The zero-order valence-corrected chi connectivity index (χ0v) is 12.5. The summed E-state index contributed by atoms with van der Waals surface area (Å²) in [5, 5.41) is 4.58. The van der Waals surface area contributed by atoms with Crippen LogP contribution in [0.2, 0.25) is 0 Å². The van der Waals surface area contributed by atoms with Crippen LogP contribution in [0.1, 0.15) is 43.1 Å². The summed E-state index contributed by atoms with van der Waals surface area (Å²) in [5.41, 5.74) is 0. The van der Waals surface area contributed by atoms with Crippen molar-refractivity contribution in [1.29, 1.82) is 0 Å². The molecule has 1 aromatic rings. The topological polar surface area (TPSA) is 43.4 Å². The molecule has 0 aliphatic rings. The number of hydrogen-bond donors (Lipinski definition) is 1. The molecule has 0 bridgehead atoms. The molecule has 0 amide bonds. The molecule has 0 aliphatic carbocycles. The summed E-state index contributed by atoms with van der Waals surface area (Å²) in [7, 11) is 0. The summed E-state index contributed by atoms with van der Waals surface area (Å²) in [6.07, 6.45) is 2.68. The number of thiazole rings is 1. The summed E-state index contributed by atoms with van der Waals surface area (Å²) >= 11 is 1.74. The van der Waals surface area contributed by atoms with Gasteiger partial charge in [0, 0.05) is 37.3 Å². The maximum atomic E-state index is 5.50. The van der Waals surface area contributed by atoms with Crippen molar-refractivity contribution in [3.63, 3.8) is 0 Å². The van der Waals surface area contributed by atoms with Gasteiger partial charge in [-0.15, -0.1) is 11.3 Å². The predicted molar refractivity (Wildman–Crippen MR) is 74.9 cm³/mol. The molecule has 0 spiro atoms. The van der Waals surface area contributed by atoms with Gasteiger partial charge in [-0.25, -0.2) is 4.98 Å². The van der Waals surface area contributed by atoms with Crippen molar-refractivity contribution in [2.45, 2.75) is 46.4 Å². The van der Waals surface area contributed by atoms with Gasteiger partial charge in [0.25, 0.3) is 0 Å². The lowest BCUT2D eigenvalue weighted by Crippen LogP contribution is -2.26. The summed E-state index contributed by atoms with van der Waals surface area (Å²) < 4.78 is 11.0. The molecule has 18 heavy (non-hydrogen) atoms. The van der Waals surface area contributed by atoms with Gasteiger partial charge in [0.15, 0.2) is 6.29 Å². The molecule has 104 valence electrons. The van der Waals surface area contributed by atoms with Gasteiger partial charge in [0.05, 0.1) is 6.04 Å². The summed E-state index contributed by atoms with van der Waals surface area (Å²) in [6.45, 7) is 10.4.